The molecule has 0 bridgehead atoms. The molecule has 0 saturated carbocycles. The van der Waals surface area contributed by atoms with Gasteiger partial charge in [-0.25, -0.2) is 0 Å². The SMILES string of the molecule is Cc1cccc(C(=O)NC(C(=O)NC2CCNC2)C(C)C)c1. The van der Waals surface area contributed by atoms with Crippen LogP contribution in [0.5, 0.6) is 0 Å². The minimum Gasteiger partial charge on any atom is -0.350 e. The summed E-state index contributed by atoms with van der Waals surface area (Å²) in [5, 5.41) is 9.09. The molecule has 120 valence electrons. The van der Waals surface area contributed by atoms with Crippen molar-refractivity contribution in [2.45, 2.75) is 39.3 Å². The van der Waals surface area contributed by atoms with Gasteiger partial charge in [-0.15, -0.1) is 0 Å². The fraction of sp³-hybridized carbons (Fsp3) is 0.529. The van der Waals surface area contributed by atoms with Gasteiger partial charge in [-0.05, 0) is 37.9 Å². The summed E-state index contributed by atoms with van der Waals surface area (Å²) in [5.74, 6) is -0.282. The highest BCUT2D eigenvalue weighted by atomic mass is 16.2. The molecule has 1 saturated heterocycles. The number of carbonyl (C=O) groups excluding carboxylic acids is 2. The van der Waals surface area contributed by atoms with Crippen molar-refractivity contribution in [3.8, 4) is 0 Å². The van der Waals surface area contributed by atoms with Crippen molar-refractivity contribution in [2.24, 2.45) is 5.92 Å². The van der Waals surface area contributed by atoms with Gasteiger partial charge in [0.15, 0.2) is 0 Å². The van der Waals surface area contributed by atoms with Crippen LogP contribution in [0, 0.1) is 12.8 Å². The molecule has 1 heterocycles. The van der Waals surface area contributed by atoms with Crippen molar-refractivity contribution < 1.29 is 9.59 Å². The summed E-state index contributed by atoms with van der Waals surface area (Å²) in [5.41, 5.74) is 1.61. The lowest BCUT2D eigenvalue weighted by Crippen LogP contribution is -2.52. The third-order valence-corrected chi connectivity index (χ3v) is 3.92. The zero-order chi connectivity index (χ0) is 16.1. The zero-order valence-corrected chi connectivity index (χ0v) is 13.5. The van der Waals surface area contributed by atoms with Gasteiger partial charge in [-0.1, -0.05) is 31.5 Å². The van der Waals surface area contributed by atoms with E-state index in [9.17, 15) is 9.59 Å². The largest absolute Gasteiger partial charge is 0.350 e. The third-order valence-electron chi connectivity index (χ3n) is 3.92. The van der Waals surface area contributed by atoms with Gasteiger partial charge in [-0.3, -0.25) is 9.59 Å². The Bertz CT molecular complexity index is 536. The molecule has 1 aliphatic heterocycles. The molecule has 5 nitrogen and oxygen atoms in total. The van der Waals surface area contributed by atoms with Gasteiger partial charge in [0.05, 0.1) is 0 Å². The molecule has 0 aliphatic carbocycles. The van der Waals surface area contributed by atoms with E-state index in [2.05, 4.69) is 16.0 Å². The number of nitrogens with one attached hydrogen (secondary N) is 3. The van der Waals surface area contributed by atoms with Crippen molar-refractivity contribution in [1.82, 2.24) is 16.0 Å². The molecule has 2 amide bonds. The second-order valence-corrected chi connectivity index (χ2v) is 6.26. The lowest BCUT2D eigenvalue weighted by atomic mass is 10.0. The number of hydrogen-bond acceptors (Lipinski definition) is 3. The molecular formula is C17H25N3O2. The maximum Gasteiger partial charge on any atom is 0.251 e. The maximum absolute atomic E-state index is 12.4. The Balaban J connectivity index is 2.01. The molecule has 0 radical (unpaired) electrons. The minimum atomic E-state index is -0.520. The summed E-state index contributed by atoms with van der Waals surface area (Å²) in [6.45, 7) is 7.53. The van der Waals surface area contributed by atoms with Crippen LogP contribution in [-0.4, -0.2) is 37.0 Å². The monoisotopic (exact) mass is 303 g/mol. The first-order valence-electron chi connectivity index (χ1n) is 7.86. The zero-order valence-electron chi connectivity index (χ0n) is 13.5. The van der Waals surface area contributed by atoms with Crippen molar-refractivity contribution in [3.05, 3.63) is 35.4 Å². The molecule has 1 aromatic rings. The van der Waals surface area contributed by atoms with Crippen molar-refractivity contribution in [2.75, 3.05) is 13.1 Å². The van der Waals surface area contributed by atoms with Gasteiger partial charge in [0, 0.05) is 18.2 Å². The highest BCUT2D eigenvalue weighted by molar-refractivity contribution is 5.97. The molecule has 1 aromatic carbocycles. The Morgan fingerprint density at radius 1 is 1.32 bits per heavy atom. The number of amides is 2. The van der Waals surface area contributed by atoms with Gasteiger partial charge in [0.25, 0.3) is 5.91 Å². The van der Waals surface area contributed by atoms with E-state index in [0.29, 0.717) is 5.56 Å². The molecule has 2 atom stereocenters. The minimum absolute atomic E-state index is 0.0307. The number of rotatable bonds is 5. The summed E-state index contributed by atoms with van der Waals surface area (Å²) in [6, 6.07) is 7.01. The van der Waals surface area contributed by atoms with Crippen LogP contribution in [0.15, 0.2) is 24.3 Å². The molecule has 1 fully saturated rings. The predicted molar refractivity (Wildman–Crippen MR) is 86.7 cm³/mol. The normalized spacial score (nSPS) is 19.0. The molecule has 0 spiro atoms. The first-order valence-corrected chi connectivity index (χ1v) is 7.86. The molecule has 1 aliphatic rings. The smallest absolute Gasteiger partial charge is 0.251 e. The third kappa shape index (κ3) is 4.31. The van der Waals surface area contributed by atoms with Crippen molar-refractivity contribution in [3.63, 3.8) is 0 Å². The second kappa shape index (κ2) is 7.40. The molecule has 3 N–H and O–H groups in total. The first-order chi connectivity index (χ1) is 10.5. The average molecular weight is 303 g/mol. The number of aryl methyl sites for hydroxylation is 1. The number of benzene rings is 1. The van der Waals surface area contributed by atoms with E-state index in [1.807, 2.05) is 39.0 Å². The highest BCUT2D eigenvalue weighted by Gasteiger charge is 2.27. The fourth-order valence-electron chi connectivity index (χ4n) is 2.61. The van der Waals surface area contributed by atoms with E-state index in [0.717, 1.165) is 25.1 Å². The topological polar surface area (TPSA) is 70.2 Å². The molecule has 5 heteroatoms. The second-order valence-electron chi connectivity index (χ2n) is 6.26. The van der Waals surface area contributed by atoms with Crippen LogP contribution in [0.3, 0.4) is 0 Å². The molecule has 2 rings (SSSR count). The summed E-state index contributed by atoms with van der Waals surface area (Å²) in [6.07, 6.45) is 0.933. The van der Waals surface area contributed by atoms with Gasteiger partial charge in [0.1, 0.15) is 6.04 Å². The first kappa shape index (κ1) is 16.5. The van der Waals surface area contributed by atoms with Crippen LogP contribution in [0.2, 0.25) is 0 Å². The van der Waals surface area contributed by atoms with Gasteiger partial charge in [0.2, 0.25) is 5.91 Å². The fourth-order valence-corrected chi connectivity index (χ4v) is 2.61. The predicted octanol–water partition coefficient (Wildman–Crippen LogP) is 1.23. The van der Waals surface area contributed by atoms with E-state index < -0.39 is 6.04 Å². The Morgan fingerprint density at radius 2 is 2.09 bits per heavy atom. The van der Waals surface area contributed by atoms with Gasteiger partial charge >= 0.3 is 0 Å². The van der Waals surface area contributed by atoms with Crippen molar-refractivity contribution >= 4 is 11.8 Å². The van der Waals surface area contributed by atoms with E-state index >= 15 is 0 Å². The summed E-state index contributed by atoms with van der Waals surface area (Å²) < 4.78 is 0. The molecule has 0 aromatic heterocycles. The van der Waals surface area contributed by atoms with E-state index in [1.54, 1.807) is 6.07 Å². The van der Waals surface area contributed by atoms with Gasteiger partial charge < -0.3 is 16.0 Å². The average Bonchev–Trinajstić information content (AvgIpc) is 2.96. The quantitative estimate of drug-likeness (QED) is 0.766. The lowest BCUT2D eigenvalue weighted by Gasteiger charge is -2.23. The summed E-state index contributed by atoms with van der Waals surface area (Å²) in [4.78, 5) is 24.8. The Hall–Kier alpha value is -1.88. The van der Waals surface area contributed by atoms with E-state index in [-0.39, 0.29) is 23.8 Å². The van der Waals surface area contributed by atoms with E-state index in [1.165, 1.54) is 0 Å². The number of hydrogen-bond donors (Lipinski definition) is 3. The highest BCUT2D eigenvalue weighted by Crippen LogP contribution is 2.08. The van der Waals surface area contributed by atoms with Crippen LogP contribution < -0.4 is 16.0 Å². The Labute approximate surface area is 131 Å². The lowest BCUT2D eigenvalue weighted by molar-refractivity contribution is -0.124. The number of carbonyl (C=O) groups is 2. The van der Waals surface area contributed by atoms with Gasteiger partial charge in [-0.2, -0.15) is 0 Å². The Kier molecular flexibility index (Phi) is 5.55. The molecular weight excluding hydrogens is 278 g/mol. The summed E-state index contributed by atoms with van der Waals surface area (Å²) in [7, 11) is 0. The molecule has 2 unspecified atom stereocenters. The van der Waals surface area contributed by atoms with Crippen LogP contribution in [0.1, 0.15) is 36.2 Å². The van der Waals surface area contributed by atoms with Crippen LogP contribution >= 0.6 is 0 Å². The van der Waals surface area contributed by atoms with Crippen LogP contribution in [-0.2, 0) is 4.79 Å². The summed E-state index contributed by atoms with van der Waals surface area (Å²) >= 11 is 0. The van der Waals surface area contributed by atoms with Crippen LogP contribution in [0.4, 0.5) is 0 Å². The maximum atomic E-state index is 12.4. The van der Waals surface area contributed by atoms with Crippen molar-refractivity contribution in [1.29, 1.82) is 0 Å². The molecule has 22 heavy (non-hydrogen) atoms. The Morgan fingerprint density at radius 3 is 2.68 bits per heavy atom. The van der Waals surface area contributed by atoms with Crippen LogP contribution in [0.25, 0.3) is 0 Å². The van der Waals surface area contributed by atoms with E-state index in [4.69, 9.17) is 0 Å². The standard InChI is InChI=1S/C17H25N3O2/c1-11(2)15(17(22)19-14-7-8-18-10-14)20-16(21)13-6-4-5-12(3)9-13/h4-6,9,11,14-15,18H,7-8,10H2,1-3H3,(H,19,22)(H,20,21).